The van der Waals surface area contributed by atoms with Crippen LogP contribution in [0, 0.1) is 5.41 Å². The molecule has 2 rings (SSSR count). The summed E-state index contributed by atoms with van der Waals surface area (Å²) < 4.78 is 0.976. The van der Waals surface area contributed by atoms with E-state index < -0.39 is 0 Å². The Balaban J connectivity index is 2.11. The smallest absolute Gasteiger partial charge is 0.163 e. The number of ketones is 1. The number of Topliss-reactive ketones (excluding diaryl/α,β-unsaturated/α-hetero) is 1. The molecule has 0 saturated heterocycles. The van der Waals surface area contributed by atoms with Crippen molar-refractivity contribution in [3.05, 3.63) is 34.3 Å². The molecular formula is C12H13BrO. The van der Waals surface area contributed by atoms with Gasteiger partial charge in [0.25, 0.3) is 0 Å². The van der Waals surface area contributed by atoms with E-state index in [-0.39, 0.29) is 5.78 Å². The van der Waals surface area contributed by atoms with Crippen LogP contribution in [0.5, 0.6) is 0 Å². The first-order valence-corrected chi connectivity index (χ1v) is 5.67. The summed E-state index contributed by atoms with van der Waals surface area (Å²) in [6.45, 7) is 2.18. The molecule has 0 aliphatic heterocycles. The standard InChI is InChI=1S/C12H13BrO/c1-12(5-6-12)8-11(14)9-3-2-4-10(13)7-9/h2-4,7H,5-6,8H2,1H3. The molecule has 0 unspecified atom stereocenters. The Hall–Kier alpha value is -0.630. The van der Waals surface area contributed by atoms with Crippen LogP contribution in [0.1, 0.15) is 36.5 Å². The van der Waals surface area contributed by atoms with Crippen molar-refractivity contribution < 1.29 is 4.79 Å². The maximum atomic E-state index is 11.8. The van der Waals surface area contributed by atoms with E-state index in [0.717, 1.165) is 10.0 Å². The number of carbonyl (C=O) groups is 1. The fourth-order valence-corrected chi connectivity index (χ4v) is 1.94. The summed E-state index contributed by atoms with van der Waals surface area (Å²) in [5, 5.41) is 0. The quantitative estimate of drug-likeness (QED) is 0.748. The third kappa shape index (κ3) is 2.24. The summed E-state index contributed by atoms with van der Waals surface area (Å²) in [5.74, 6) is 0.270. The van der Waals surface area contributed by atoms with Gasteiger partial charge in [0.2, 0.25) is 0 Å². The predicted molar refractivity (Wildman–Crippen MR) is 60.4 cm³/mol. The highest BCUT2D eigenvalue weighted by Gasteiger charge is 2.39. The molecule has 1 saturated carbocycles. The molecule has 0 N–H and O–H groups in total. The molecule has 0 aromatic heterocycles. The average Bonchev–Trinajstić information content (AvgIpc) is 2.83. The van der Waals surface area contributed by atoms with Crippen molar-refractivity contribution in [2.24, 2.45) is 5.41 Å². The first kappa shape index (κ1) is 9.91. The second kappa shape index (κ2) is 3.50. The molecule has 2 heteroatoms. The van der Waals surface area contributed by atoms with Gasteiger partial charge in [-0.2, -0.15) is 0 Å². The van der Waals surface area contributed by atoms with Crippen LogP contribution in [0.2, 0.25) is 0 Å². The maximum absolute atomic E-state index is 11.8. The van der Waals surface area contributed by atoms with Gasteiger partial charge in [0.05, 0.1) is 0 Å². The van der Waals surface area contributed by atoms with Crippen LogP contribution in [-0.2, 0) is 0 Å². The minimum absolute atomic E-state index is 0.270. The fourth-order valence-electron chi connectivity index (χ4n) is 1.54. The molecule has 1 aliphatic rings. The lowest BCUT2D eigenvalue weighted by Gasteiger charge is -2.06. The maximum Gasteiger partial charge on any atom is 0.163 e. The van der Waals surface area contributed by atoms with Crippen molar-refractivity contribution in [1.82, 2.24) is 0 Å². The van der Waals surface area contributed by atoms with Crippen LogP contribution < -0.4 is 0 Å². The Labute approximate surface area is 92.6 Å². The zero-order chi connectivity index (χ0) is 10.2. The topological polar surface area (TPSA) is 17.1 Å². The van der Waals surface area contributed by atoms with Crippen LogP contribution in [0.4, 0.5) is 0 Å². The highest BCUT2D eigenvalue weighted by atomic mass is 79.9. The molecule has 1 aromatic rings. The van der Waals surface area contributed by atoms with Gasteiger partial charge in [0.1, 0.15) is 0 Å². The largest absolute Gasteiger partial charge is 0.294 e. The van der Waals surface area contributed by atoms with Crippen LogP contribution in [0.15, 0.2) is 28.7 Å². The molecule has 0 bridgehead atoms. The minimum Gasteiger partial charge on any atom is -0.294 e. The Kier molecular flexibility index (Phi) is 2.48. The summed E-state index contributed by atoms with van der Waals surface area (Å²) in [4.78, 5) is 11.8. The highest BCUT2D eigenvalue weighted by Crippen LogP contribution is 2.48. The fraction of sp³-hybridized carbons (Fsp3) is 0.417. The van der Waals surface area contributed by atoms with Gasteiger partial charge in [-0.1, -0.05) is 35.0 Å². The van der Waals surface area contributed by atoms with Crippen LogP contribution in [-0.4, -0.2) is 5.78 Å². The van der Waals surface area contributed by atoms with E-state index in [0.29, 0.717) is 11.8 Å². The minimum atomic E-state index is 0.270. The number of rotatable bonds is 3. The molecular weight excluding hydrogens is 240 g/mol. The van der Waals surface area contributed by atoms with Gasteiger partial charge in [-0.05, 0) is 30.4 Å². The third-order valence-corrected chi connectivity index (χ3v) is 3.33. The molecule has 74 valence electrons. The van der Waals surface area contributed by atoms with E-state index in [1.54, 1.807) is 0 Å². The van der Waals surface area contributed by atoms with Gasteiger partial charge in [0.15, 0.2) is 5.78 Å². The van der Waals surface area contributed by atoms with Crippen LogP contribution in [0.3, 0.4) is 0 Å². The van der Waals surface area contributed by atoms with Gasteiger partial charge in [-0.3, -0.25) is 4.79 Å². The van der Waals surface area contributed by atoms with Crippen LogP contribution >= 0.6 is 15.9 Å². The van der Waals surface area contributed by atoms with E-state index in [1.807, 2.05) is 24.3 Å². The summed E-state index contributed by atoms with van der Waals surface area (Å²) >= 11 is 3.37. The number of halogens is 1. The lowest BCUT2D eigenvalue weighted by atomic mass is 9.98. The molecule has 0 atom stereocenters. The lowest BCUT2D eigenvalue weighted by Crippen LogP contribution is -2.06. The monoisotopic (exact) mass is 252 g/mol. The van der Waals surface area contributed by atoms with Crippen molar-refractivity contribution in [1.29, 1.82) is 0 Å². The SMILES string of the molecule is CC1(CC(=O)c2cccc(Br)c2)CC1. The average molecular weight is 253 g/mol. The van der Waals surface area contributed by atoms with E-state index in [9.17, 15) is 4.79 Å². The first-order valence-electron chi connectivity index (χ1n) is 4.88. The van der Waals surface area contributed by atoms with E-state index in [2.05, 4.69) is 22.9 Å². The first-order chi connectivity index (χ1) is 6.59. The molecule has 1 fully saturated rings. The molecule has 0 radical (unpaired) electrons. The Morgan fingerprint density at radius 3 is 2.79 bits per heavy atom. The van der Waals surface area contributed by atoms with Crippen molar-refractivity contribution in [3.8, 4) is 0 Å². The third-order valence-electron chi connectivity index (χ3n) is 2.84. The van der Waals surface area contributed by atoms with Gasteiger partial charge in [-0.25, -0.2) is 0 Å². The second-order valence-electron chi connectivity index (χ2n) is 4.42. The lowest BCUT2D eigenvalue weighted by molar-refractivity contribution is 0.0959. The van der Waals surface area contributed by atoms with Crippen molar-refractivity contribution in [2.75, 3.05) is 0 Å². The van der Waals surface area contributed by atoms with E-state index >= 15 is 0 Å². The Morgan fingerprint density at radius 2 is 2.21 bits per heavy atom. The Morgan fingerprint density at radius 1 is 1.50 bits per heavy atom. The predicted octanol–water partition coefficient (Wildman–Crippen LogP) is 3.82. The van der Waals surface area contributed by atoms with E-state index in [1.165, 1.54) is 12.8 Å². The van der Waals surface area contributed by atoms with Gasteiger partial charge in [-0.15, -0.1) is 0 Å². The summed E-state index contributed by atoms with van der Waals surface area (Å²) in [5.41, 5.74) is 1.13. The van der Waals surface area contributed by atoms with E-state index in [4.69, 9.17) is 0 Å². The molecule has 1 aromatic carbocycles. The van der Waals surface area contributed by atoms with Gasteiger partial charge >= 0.3 is 0 Å². The summed E-state index contributed by atoms with van der Waals surface area (Å²) in [6.07, 6.45) is 3.10. The van der Waals surface area contributed by atoms with Crippen molar-refractivity contribution >= 4 is 21.7 Å². The molecule has 14 heavy (non-hydrogen) atoms. The molecule has 0 spiro atoms. The zero-order valence-electron chi connectivity index (χ0n) is 8.22. The van der Waals surface area contributed by atoms with Gasteiger partial charge in [0, 0.05) is 16.5 Å². The molecule has 1 nitrogen and oxygen atoms in total. The number of hydrogen-bond acceptors (Lipinski definition) is 1. The zero-order valence-corrected chi connectivity index (χ0v) is 9.80. The van der Waals surface area contributed by atoms with Crippen LogP contribution in [0.25, 0.3) is 0 Å². The van der Waals surface area contributed by atoms with Crippen molar-refractivity contribution in [2.45, 2.75) is 26.2 Å². The molecule has 1 aliphatic carbocycles. The Bertz CT molecular complexity index is 366. The van der Waals surface area contributed by atoms with Gasteiger partial charge < -0.3 is 0 Å². The molecule has 0 heterocycles. The summed E-state index contributed by atoms with van der Waals surface area (Å²) in [6, 6.07) is 7.63. The number of carbonyl (C=O) groups excluding carboxylic acids is 1. The second-order valence-corrected chi connectivity index (χ2v) is 5.34. The van der Waals surface area contributed by atoms with Crippen molar-refractivity contribution in [3.63, 3.8) is 0 Å². The number of benzene rings is 1. The molecule has 0 amide bonds. The number of hydrogen-bond donors (Lipinski definition) is 0. The highest BCUT2D eigenvalue weighted by molar-refractivity contribution is 9.10. The normalized spacial score (nSPS) is 17.9. The summed E-state index contributed by atoms with van der Waals surface area (Å²) in [7, 11) is 0.